The van der Waals surface area contributed by atoms with Crippen LogP contribution in [0, 0.1) is 0 Å². The first-order valence-corrected chi connectivity index (χ1v) is 7.95. The molecule has 0 aromatic carbocycles. The Hall–Kier alpha value is -1.01. The van der Waals surface area contributed by atoms with Crippen LogP contribution in [-0.4, -0.2) is 35.0 Å². The predicted octanol–water partition coefficient (Wildman–Crippen LogP) is 2.25. The lowest BCUT2D eigenvalue weighted by Gasteiger charge is -2.13. The quantitative estimate of drug-likeness (QED) is 0.807. The monoisotopic (exact) mass is 287 g/mol. The van der Waals surface area contributed by atoms with E-state index in [1.54, 1.807) is 17.1 Å². The fourth-order valence-corrected chi connectivity index (χ4v) is 2.71. The van der Waals surface area contributed by atoms with Crippen molar-refractivity contribution >= 4 is 35.0 Å². The number of carbonyl (C=O) groups is 2. The second-order valence-corrected chi connectivity index (χ2v) is 5.78. The molecule has 100 valence electrons. The van der Waals surface area contributed by atoms with Gasteiger partial charge in [-0.05, 0) is 30.9 Å². The number of nitrogens with one attached hydrogen (secondary N) is 1. The molecule has 1 atom stereocenters. The first-order chi connectivity index (χ1) is 8.58. The minimum Gasteiger partial charge on any atom is -0.480 e. The molecular weight excluding hydrogens is 270 g/mol. The van der Waals surface area contributed by atoms with E-state index >= 15 is 0 Å². The van der Waals surface area contributed by atoms with Crippen molar-refractivity contribution in [1.29, 1.82) is 0 Å². The number of hydrogen-bond donors (Lipinski definition) is 2. The fraction of sp³-hybridized carbons (Fsp3) is 0.500. The third kappa shape index (κ3) is 4.34. The number of amides is 1. The molecule has 1 heterocycles. The van der Waals surface area contributed by atoms with Crippen LogP contribution >= 0.6 is 23.1 Å². The smallest absolute Gasteiger partial charge is 0.326 e. The second-order valence-electron chi connectivity index (χ2n) is 3.80. The van der Waals surface area contributed by atoms with E-state index in [2.05, 4.69) is 5.32 Å². The molecule has 1 amide bonds. The Kier molecular flexibility index (Phi) is 6.21. The van der Waals surface area contributed by atoms with Crippen molar-refractivity contribution in [3.8, 4) is 0 Å². The van der Waals surface area contributed by atoms with Crippen LogP contribution in [0.3, 0.4) is 0 Å². The van der Waals surface area contributed by atoms with Crippen LogP contribution < -0.4 is 5.32 Å². The van der Waals surface area contributed by atoms with E-state index in [1.807, 2.05) is 19.2 Å². The van der Waals surface area contributed by atoms with Crippen LogP contribution in [0.5, 0.6) is 0 Å². The largest absolute Gasteiger partial charge is 0.480 e. The van der Waals surface area contributed by atoms with Gasteiger partial charge in [-0.2, -0.15) is 11.8 Å². The zero-order valence-corrected chi connectivity index (χ0v) is 12.1. The molecule has 1 aromatic heterocycles. The van der Waals surface area contributed by atoms with E-state index in [-0.39, 0.29) is 5.91 Å². The number of carbonyl (C=O) groups excluding carboxylic acids is 1. The lowest BCUT2D eigenvalue weighted by atomic mass is 10.2. The van der Waals surface area contributed by atoms with Crippen molar-refractivity contribution in [2.24, 2.45) is 0 Å². The molecule has 0 bridgehead atoms. The number of rotatable bonds is 7. The van der Waals surface area contributed by atoms with Gasteiger partial charge in [0.25, 0.3) is 5.91 Å². The minimum atomic E-state index is -0.983. The van der Waals surface area contributed by atoms with Gasteiger partial charge >= 0.3 is 5.97 Å². The minimum absolute atomic E-state index is 0.306. The Morgan fingerprint density at radius 3 is 2.78 bits per heavy atom. The zero-order chi connectivity index (χ0) is 13.5. The molecule has 0 spiro atoms. The van der Waals surface area contributed by atoms with E-state index < -0.39 is 12.0 Å². The molecule has 0 aliphatic rings. The molecule has 6 heteroatoms. The van der Waals surface area contributed by atoms with E-state index in [4.69, 9.17) is 5.11 Å². The van der Waals surface area contributed by atoms with Gasteiger partial charge in [0.1, 0.15) is 6.04 Å². The third-order valence-corrected chi connectivity index (χ3v) is 4.20. The van der Waals surface area contributed by atoms with Crippen molar-refractivity contribution in [3.05, 3.63) is 21.9 Å². The normalized spacial score (nSPS) is 12.1. The summed E-state index contributed by atoms with van der Waals surface area (Å²) in [5.74, 6) is -0.580. The molecule has 1 aromatic rings. The second kappa shape index (κ2) is 7.43. The maximum Gasteiger partial charge on any atom is 0.326 e. The van der Waals surface area contributed by atoms with Crippen LogP contribution in [0.15, 0.2) is 11.4 Å². The molecule has 0 saturated carbocycles. The summed E-state index contributed by atoms with van der Waals surface area (Å²) in [6.45, 7) is 2.02. The summed E-state index contributed by atoms with van der Waals surface area (Å²) in [6, 6.07) is 1.00. The summed E-state index contributed by atoms with van der Waals surface area (Å²) in [4.78, 5) is 24.0. The van der Waals surface area contributed by atoms with Gasteiger partial charge < -0.3 is 10.4 Å². The van der Waals surface area contributed by atoms with Crippen molar-refractivity contribution in [3.63, 3.8) is 0 Å². The summed E-state index contributed by atoms with van der Waals surface area (Å²) in [6.07, 6.45) is 3.23. The van der Waals surface area contributed by atoms with Gasteiger partial charge in [0, 0.05) is 10.3 Å². The Morgan fingerprint density at radius 1 is 1.56 bits per heavy atom. The molecule has 0 radical (unpaired) electrons. The molecule has 4 nitrogen and oxygen atoms in total. The molecular formula is C12H17NO3S2. The van der Waals surface area contributed by atoms with Gasteiger partial charge in [-0.3, -0.25) is 4.79 Å². The van der Waals surface area contributed by atoms with E-state index in [0.717, 1.165) is 11.3 Å². The highest BCUT2D eigenvalue weighted by Crippen LogP contribution is 2.15. The number of aryl methyl sites for hydroxylation is 1. The maximum absolute atomic E-state index is 11.9. The number of carboxylic acids is 1. The van der Waals surface area contributed by atoms with Crippen molar-refractivity contribution < 1.29 is 14.7 Å². The van der Waals surface area contributed by atoms with Gasteiger partial charge in [-0.15, -0.1) is 11.3 Å². The van der Waals surface area contributed by atoms with Gasteiger partial charge in [0.2, 0.25) is 0 Å². The molecule has 0 saturated heterocycles. The standard InChI is InChI=1S/C12H17NO3S2/c1-3-9-6-8(7-18-9)11(14)13-10(12(15)16)4-5-17-2/h6-7,10H,3-5H2,1-2H3,(H,13,14)(H,15,16). The van der Waals surface area contributed by atoms with Crippen LogP contribution in [0.1, 0.15) is 28.6 Å². The first kappa shape index (κ1) is 15.0. The lowest BCUT2D eigenvalue weighted by Crippen LogP contribution is -2.41. The van der Waals surface area contributed by atoms with Crippen LogP contribution in [0.25, 0.3) is 0 Å². The van der Waals surface area contributed by atoms with Gasteiger partial charge in [0.15, 0.2) is 0 Å². The fourth-order valence-electron chi connectivity index (χ4n) is 1.42. The molecule has 1 rings (SSSR count). The zero-order valence-electron chi connectivity index (χ0n) is 10.4. The topological polar surface area (TPSA) is 66.4 Å². The highest BCUT2D eigenvalue weighted by Gasteiger charge is 2.20. The molecule has 18 heavy (non-hydrogen) atoms. The number of hydrogen-bond acceptors (Lipinski definition) is 4. The Bertz CT molecular complexity index is 417. The van der Waals surface area contributed by atoms with Crippen molar-refractivity contribution in [2.75, 3.05) is 12.0 Å². The highest BCUT2D eigenvalue weighted by molar-refractivity contribution is 7.98. The summed E-state index contributed by atoms with van der Waals surface area (Å²) in [5, 5.41) is 13.4. The molecule has 0 aliphatic carbocycles. The maximum atomic E-state index is 11.9. The predicted molar refractivity (Wildman–Crippen MR) is 75.6 cm³/mol. The average Bonchev–Trinajstić information content (AvgIpc) is 2.82. The molecule has 0 fully saturated rings. The molecule has 2 N–H and O–H groups in total. The first-order valence-electron chi connectivity index (χ1n) is 5.68. The van der Waals surface area contributed by atoms with E-state index in [0.29, 0.717) is 17.7 Å². The summed E-state index contributed by atoms with van der Waals surface area (Å²) in [7, 11) is 0. The van der Waals surface area contributed by atoms with Crippen LogP contribution in [-0.2, 0) is 11.2 Å². The number of thiophene rings is 1. The van der Waals surface area contributed by atoms with E-state index in [1.165, 1.54) is 11.3 Å². The molecule has 0 aliphatic heterocycles. The lowest BCUT2D eigenvalue weighted by molar-refractivity contribution is -0.139. The van der Waals surface area contributed by atoms with E-state index in [9.17, 15) is 9.59 Å². The Morgan fingerprint density at radius 2 is 2.28 bits per heavy atom. The highest BCUT2D eigenvalue weighted by atomic mass is 32.2. The summed E-state index contributed by atoms with van der Waals surface area (Å²) < 4.78 is 0. The summed E-state index contributed by atoms with van der Waals surface area (Å²) >= 11 is 3.08. The summed E-state index contributed by atoms with van der Waals surface area (Å²) in [5.41, 5.74) is 0.548. The van der Waals surface area contributed by atoms with Crippen molar-refractivity contribution in [2.45, 2.75) is 25.8 Å². The number of thioether (sulfide) groups is 1. The number of carboxylic acid groups (broad SMARTS) is 1. The molecule has 1 unspecified atom stereocenters. The van der Waals surface area contributed by atoms with Crippen molar-refractivity contribution in [1.82, 2.24) is 5.32 Å². The SMILES string of the molecule is CCc1cc(C(=O)NC(CCSC)C(=O)O)cs1. The van der Waals surface area contributed by atoms with Crippen LogP contribution in [0.4, 0.5) is 0 Å². The third-order valence-electron chi connectivity index (χ3n) is 2.48. The van der Waals surface area contributed by atoms with Gasteiger partial charge in [-0.25, -0.2) is 4.79 Å². The average molecular weight is 287 g/mol. The Balaban J connectivity index is 2.62. The van der Waals surface area contributed by atoms with Crippen LogP contribution in [0.2, 0.25) is 0 Å². The van der Waals surface area contributed by atoms with Gasteiger partial charge in [0.05, 0.1) is 5.56 Å². The number of aliphatic carboxylic acids is 1. The van der Waals surface area contributed by atoms with Gasteiger partial charge in [-0.1, -0.05) is 6.92 Å². The Labute approximate surface area is 115 Å².